The highest BCUT2D eigenvalue weighted by molar-refractivity contribution is 5.84. The van der Waals surface area contributed by atoms with E-state index >= 15 is 0 Å². The molecule has 0 N–H and O–H groups in total. The van der Waals surface area contributed by atoms with Gasteiger partial charge in [0.25, 0.3) is 5.56 Å². The largest absolute Gasteiger partial charge is 0.457 e. The summed E-state index contributed by atoms with van der Waals surface area (Å²) in [7, 11) is 0. The number of carbonyl (C=O) groups excluding carboxylic acids is 1. The number of rotatable bonds is 5. The van der Waals surface area contributed by atoms with E-state index < -0.39 is 6.10 Å². The molecule has 32 heavy (non-hydrogen) atoms. The number of ether oxygens (including phenoxy) is 2. The molecule has 2 aliphatic rings. The smallest absolute Gasteiger partial charge is 0.320 e. The van der Waals surface area contributed by atoms with Crippen molar-refractivity contribution in [1.82, 2.24) is 14.5 Å². The Morgan fingerprint density at radius 2 is 2.00 bits per heavy atom. The molecule has 0 bridgehead atoms. The van der Waals surface area contributed by atoms with E-state index in [4.69, 9.17) is 14.5 Å². The molecule has 0 spiro atoms. The number of fused-ring (bicyclic) bond motifs is 4. The number of benzene rings is 1. The maximum absolute atomic E-state index is 13.2. The van der Waals surface area contributed by atoms with E-state index in [1.165, 1.54) is 0 Å². The number of hydrogen-bond acceptors (Lipinski definition) is 6. The van der Waals surface area contributed by atoms with Crippen LogP contribution < -0.4 is 5.56 Å². The minimum Gasteiger partial charge on any atom is -0.457 e. The van der Waals surface area contributed by atoms with Gasteiger partial charge in [-0.05, 0) is 31.5 Å². The van der Waals surface area contributed by atoms with E-state index in [0.717, 1.165) is 46.5 Å². The van der Waals surface area contributed by atoms with Gasteiger partial charge in [0, 0.05) is 35.2 Å². The molecule has 1 aromatic carbocycles. The zero-order valence-corrected chi connectivity index (χ0v) is 18.5. The lowest BCUT2D eigenvalue weighted by Crippen LogP contribution is -2.40. The molecule has 7 heteroatoms. The van der Waals surface area contributed by atoms with Gasteiger partial charge in [-0.15, -0.1) is 0 Å². The van der Waals surface area contributed by atoms with Crippen molar-refractivity contribution in [2.75, 3.05) is 32.8 Å². The Hall–Kier alpha value is -3.03. The van der Waals surface area contributed by atoms with Crippen LogP contribution in [-0.2, 0) is 20.8 Å². The van der Waals surface area contributed by atoms with Crippen LogP contribution in [0.25, 0.3) is 22.3 Å². The number of aromatic nitrogens is 2. The van der Waals surface area contributed by atoms with Crippen molar-refractivity contribution in [3.63, 3.8) is 0 Å². The maximum Gasteiger partial charge on any atom is 0.320 e. The summed E-state index contributed by atoms with van der Waals surface area (Å²) < 4.78 is 13.0. The van der Waals surface area contributed by atoms with Crippen LogP contribution in [0, 0.1) is 6.92 Å². The highest BCUT2D eigenvalue weighted by Crippen LogP contribution is 2.34. The van der Waals surface area contributed by atoms with Gasteiger partial charge in [-0.2, -0.15) is 0 Å². The molecule has 0 amide bonds. The third kappa shape index (κ3) is 3.72. The monoisotopic (exact) mass is 433 g/mol. The Labute approximate surface area is 186 Å². The van der Waals surface area contributed by atoms with Crippen LogP contribution in [0.15, 0.2) is 41.2 Å². The average Bonchev–Trinajstić information content (AvgIpc) is 3.16. The molecule has 1 unspecified atom stereocenters. The molecule has 166 valence electrons. The van der Waals surface area contributed by atoms with Gasteiger partial charge in [0.2, 0.25) is 0 Å². The molecule has 0 aliphatic carbocycles. The summed E-state index contributed by atoms with van der Waals surface area (Å²) in [5.74, 6) is -0.275. The molecule has 1 atom stereocenters. The van der Waals surface area contributed by atoms with E-state index in [0.29, 0.717) is 31.7 Å². The van der Waals surface area contributed by atoms with E-state index in [9.17, 15) is 9.59 Å². The fourth-order valence-corrected chi connectivity index (χ4v) is 4.63. The van der Waals surface area contributed by atoms with Crippen LogP contribution in [0.5, 0.6) is 0 Å². The van der Waals surface area contributed by atoms with Gasteiger partial charge in [0.05, 0.1) is 43.2 Å². The molecule has 2 aliphatic heterocycles. The number of para-hydroxylation sites is 1. The lowest BCUT2D eigenvalue weighted by molar-refractivity contribution is -0.152. The third-order valence-corrected chi connectivity index (χ3v) is 6.40. The Kier molecular flexibility index (Phi) is 5.53. The molecule has 2 aromatic heterocycles. The first-order valence-corrected chi connectivity index (χ1v) is 11.2. The van der Waals surface area contributed by atoms with Crippen LogP contribution in [0.1, 0.15) is 36.1 Å². The van der Waals surface area contributed by atoms with Gasteiger partial charge in [-0.3, -0.25) is 14.5 Å². The average molecular weight is 434 g/mol. The highest BCUT2D eigenvalue weighted by Gasteiger charge is 2.27. The number of esters is 1. The Morgan fingerprint density at radius 3 is 2.78 bits per heavy atom. The van der Waals surface area contributed by atoms with Crippen molar-refractivity contribution >= 4 is 16.9 Å². The van der Waals surface area contributed by atoms with Crippen molar-refractivity contribution in [3.8, 4) is 11.4 Å². The van der Waals surface area contributed by atoms with Gasteiger partial charge in [-0.1, -0.05) is 25.1 Å². The summed E-state index contributed by atoms with van der Waals surface area (Å²) in [5.41, 5.74) is 4.89. The van der Waals surface area contributed by atoms with E-state index in [1.807, 2.05) is 49.1 Å². The Morgan fingerprint density at radius 1 is 1.22 bits per heavy atom. The Balaban J connectivity index is 1.47. The van der Waals surface area contributed by atoms with Gasteiger partial charge in [0.15, 0.2) is 0 Å². The third-order valence-electron chi connectivity index (χ3n) is 6.40. The summed E-state index contributed by atoms with van der Waals surface area (Å²) >= 11 is 0. The quantitative estimate of drug-likeness (QED) is 0.451. The van der Waals surface area contributed by atoms with Crippen molar-refractivity contribution in [3.05, 3.63) is 63.4 Å². The predicted molar refractivity (Wildman–Crippen MR) is 122 cm³/mol. The zero-order chi connectivity index (χ0) is 22.2. The van der Waals surface area contributed by atoms with Crippen LogP contribution in [0.3, 0.4) is 0 Å². The topological polar surface area (TPSA) is 73.7 Å². The summed E-state index contributed by atoms with van der Waals surface area (Å²) in [5, 5.41) is 1.06. The molecular weight excluding hydrogens is 406 g/mol. The van der Waals surface area contributed by atoms with E-state index in [-0.39, 0.29) is 18.1 Å². The van der Waals surface area contributed by atoms with Crippen LogP contribution >= 0.6 is 0 Å². The van der Waals surface area contributed by atoms with Crippen LogP contribution in [0.2, 0.25) is 0 Å². The molecule has 3 aromatic rings. The molecule has 1 fully saturated rings. The molecule has 1 saturated heterocycles. The summed E-state index contributed by atoms with van der Waals surface area (Å²) in [4.78, 5) is 32.7. The zero-order valence-electron chi connectivity index (χ0n) is 18.5. The summed E-state index contributed by atoms with van der Waals surface area (Å²) in [6, 6.07) is 12.1. The fraction of sp³-hybridized carbons (Fsp3) is 0.400. The second-order valence-electron chi connectivity index (χ2n) is 8.47. The molecule has 0 radical (unpaired) electrons. The van der Waals surface area contributed by atoms with Gasteiger partial charge in [0.1, 0.15) is 6.10 Å². The highest BCUT2D eigenvalue weighted by atomic mass is 16.5. The first-order valence-electron chi connectivity index (χ1n) is 11.2. The van der Waals surface area contributed by atoms with Crippen molar-refractivity contribution in [2.24, 2.45) is 0 Å². The van der Waals surface area contributed by atoms with Crippen molar-refractivity contribution in [1.29, 1.82) is 0 Å². The number of nitrogens with zero attached hydrogens (tertiary/aromatic N) is 3. The minimum atomic E-state index is -0.466. The second kappa shape index (κ2) is 8.48. The lowest BCUT2D eigenvalue weighted by atomic mass is 10.0. The van der Waals surface area contributed by atoms with Crippen LogP contribution in [-0.4, -0.2) is 53.3 Å². The van der Waals surface area contributed by atoms with Gasteiger partial charge >= 0.3 is 5.97 Å². The summed E-state index contributed by atoms with van der Waals surface area (Å²) in [6.45, 7) is 7.24. The molecule has 4 heterocycles. The van der Waals surface area contributed by atoms with Crippen molar-refractivity contribution in [2.45, 2.75) is 32.9 Å². The molecule has 0 saturated carbocycles. The molecule has 5 rings (SSSR count). The predicted octanol–water partition coefficient (Wildman–Crippen LogP) is 3.06. The maximum atomic E-state index is 13.2. The molecular formula is C25H27N3O4. The second-order valence-corrected chi connectivity index (χ2v) is 8.47. The van der Waals surface area contributed by atoms with Gasteiger partial charge < -0.3 is 14.0 Å². The normalized spacial score (nSPS) is 16.6. The first-order chi connectivity index (χ1) is 15.5. The molecule has 7 nitrogen and oxygen atoms in total. The number of morpholine rings is 1. The number of pyridine rings is 2. The van der Waals surface area contributed by atoms with E-state index in [2.05, 4.69) is 6.07 Å². The lowest BCUT2D eigenvalue weighted by Gasteiger charge is -2.27. The minimum absolute atomic E-state index is 0.0535. The van der Waals surface area contributed by atoms with Gasteiger partial charge in [-0.25, -0.2) is 4.98 Å². The first kappa shape index (κ1) is 20.8. The Bertz CT molecular complexity index is 1240. The SMILES string of the molecule is CCC(OC(=O)CN1CCOCC1)c1cc2n(c(=O)c1C)Cc1cc3ccccc3nc1-2. The fourth-order valence-electron chi connectivity index (χ4n) is 4.63. The number of carbonyl (C=O) groups is 1. The van der Waals surface area contributed by atoms with Crippen LogP contribution in [0.4, 0.5) is 0 Å². The standard InChI is InChI=1S/C25H27N3O4/c1-3-22(32-23(29)15-27-8-10-31-11-9-27)19-13-21-24-18(14-28(21)25(30)16(19)2)12-17-6-4-5-7-20(17)26-24/h4-7,12-13,22H,3,8-11,14-15H2,1-2H3. The van der Waals surface area contributed by atoms with E-state index in [1.54, 1.807) is 4.57 Å². The number of hydrogen-bond donors (Lipinski definition) is 0. The van der Waals surface area contributed by atoms with Crippen molar-refractivity contribution < 1.29 is 14.3 Å². The summed E-state index contributed by atoms with van der Waals surface area (Å²) in [6.07, 6.45) is 0.128.